The lowest BCUT2D eigenvalue weighted by molar-refractivity contribution is -0.124. The smallest absolute Gasteiger partial charge is 0.239 e. The van der Waals surface area contributed by atoms with Gasteiger partial charge in [0, 0.05) is 6.54 Å². The maximum Gasteiger partial charge on any atom is 0.239 e. The molecule has 0 aliphatic carbocycles. The summed E-state index contributed by atoms with van der Waals surface area (Å²) in [4.78, 5) is 21.8. The average Bonchev–Trinajstić information content (AvgIpc) is 2.13. The molecule has 0 spiro atoms. The zero-order chi connectivity index (χ0) is 11.0. The zero-order valence-corrected chi connectivity index (χ0v) is 9.36. The normalized spacial score (nSPS) is 10.0. The minimum atomic E-state index is -0.328. The number of carbonyl (C=O) groups is 2. The summed E-state index contributed by atoms with van der Waals surface area (Å²) in [5, 5.41) is 5.08. The van der Waals surface area contributed by atoms with Crippen LogP contribution in [0.25, 0.3) is 0 Å². The van der Waals surface area contributed by atoms with Gasteiger partial charge in [0.25, 0.3) is 0 Å². The van der Waals surface area contributed by atoms with Crippen LogP contribution in [-0.2, 0) is 9.59 Å². The van der Waals surface area contributed by atoms with Crippen molar-refractivity contribution in [2.75, 3.05) is 19.0 Å². The van der Waals surface area contributed by atoms with E-state index in [2.05, 4.69) is 24.5 Å². The summed E-state index contributed by atoms with van der Waals surface area (Å²) in [6, 6.07) is 0. The molecule has 4 nitrogen and oxygen atoms in total. The topological polar surface area (TPSA) is 58.2 Å². The minimum absolute atomic E-state index is 0.00362. The van der Waals surface area contributed by atoms with E-state index >= 15 is 0 Å². The van der Waals surface area contributed by atoms with Crippen molar-refractivity contribution in [2.24, 2.45) is 5.92 Å². The number of hydrogen-bond acceptors (Lipinski definition) is 2. The summed E-state index contributed by atoms with van der Waals surface area (Å²) in [7, 11) is 0. The minimum Gasteiger partial charge on any atom is -0.355 e. The number of hydrogen-bond donors (Lipinski definition) is 2. The van der Waals surface area contributed by atoms with E-state index in [1.165, 1.54) is 0 Å². The van der Waals surface area contributed by atoms with Crippen LogP contribution in [-0.4, -0.2) is 30.8 Å². The van der Waals surface area contributed by atoms with Crippen molar-refractivity contribution in [2.45, 2.75) is 20.3 Å². The molecule has 0 radical (unpaired) electrons. The van der Waals surface area contributed by atoms with Gasteiger partial charge in [-0.25, -0.2) is 0 Å². The number of amides is 2. The molecule has 0 aromatic carbocycles. The highest BCUT2D eigenvalue weighted by molar-refractivity contribution is 6.27. The Bertz CT molecular complexity index is 195. The second-order valence-corrected chi connectivity index (χ2v) is 3.71. The SMILES string of the molecule is CC(C)CCNC(=O)CNC(=O)CCl. The van der Waals surface area contributed by atoms with Crippen molar-refractivity contribution in [3.63, 3.8) is 0 Å². The summed E-state index contributed by atoms with van der Waals surface area (Å²) in [5.41, 5.74) is 0. The van der Waals surface area contributed by atoms with Crippen LogP contribution in [0.4, 0.5) is 0 Å². The Hall–Kier alpha value is -0.770. The number of carbonyl (C=O) groups excluding carboxylic acids is 2. The lowest BCUT2D eigenvalue weighted by atomic mass is 10.1. The lowest BCUT2D eigenvalue weighted by Crippen LogP contribution is -2.37. The van der Waals surface area contributed by atoms with E-state index in [0.717, 1.165) is 6.42 Å². The van der Waals surface area contributed by atoms with Gasteiger partial charge in [0.15, 0.2) is 0 Å². The van der Waals surface area contributed by atoms with Crippen LogP contribution in [0.3, 0.4) is 0 Å². The number of halogens is 1. The van der Waals surface area contributed by atoms with Crippen molar-refractivity contribution in [3.05, 3.63) is 0 Å². The van der Waals surface area contributed by atoms with E-state index < -0.39 is 0 Å². The molecule has 0 aromatic heterocycles. The van der Waals surface area contributed by atoms with Gasteiger partial charge in [-0.2, -0.15) is 0 Å². The standard InChI is InChI=1S/C9H17ClN2O2/c1-7(2)3-4-11-9(14)6-12-8(13)5-10/h7H,3-6H2,1-2H3,(H,11,14)(H,12,13). The first-order valence-corrected chi connectivity index (χ1v) is 5.19. The van der Waals surface area contributed by atoms with Crippen LogP contribution >= 0.6 is 11.6 Å². The highest BCUT2D eigenvalue weighted by Gasteiger charge is 2.03. The third kappa shape index (κ3) is 7.86. The molecule has 0 bridgehead atoms. The molecule has 0 fully saturated rings. The molecule has 0 aliphatic rings. The molecule has 0 heterocycles. The van der Waals surface area contributed by atoms with Crippen LogP contribution < -0.4 is 10.6 Å². The molecule has 0 unspecified atom stereocenters. The molecular formula is C9H17ClN2O2. The molecule has 0 rings (SSSR count). The highest BCUT2D eigenvalue weighted by Crippen LogP contribution is 1.95. The van der Waals surface area contributed by atoms with Gasteiger partial charge in [-0.3, -0.25) is 9.59 Å². The molecule has 0 aromatic rings. The van der Waals surface area contributed by atoms with Crippen molar-refractivity contribution in [1.29, 1.82) is 0 Å². The summed E-state index contributed by atoms with van der Waals surface area (Å²) in [5.74, 6) is -0.0539. The Morgan fingerprint density at radius 2 is 1.86 bits per heavy atom. The summed E-state index contributed by atoms with van der Waals surface area (Å²) >= 11 is 5.24. The molecule has 5 heteroatoms. The Balaban J connectivity index is 3.42. The van der Waals surface area contributed by atoms with Crippen LogP contribution in [0.2, 0.25) is 0 Å². The van der Waals surface area contributed by atoms with Crippen LogP contribution in [0.15, 0.2) is 0 Å². The van der Waals surface area contributed by atoms with E-state index in [1.54, 1.807) is 0 Å². The highest BCUT2D eigenvalue weighted by atomic mass is 35.5. The predicted octanol–water partition coefficient (Wildman–Crippen LogP) is 0.504. The van der Waals surface area contributed by atoms with E-state index in [4.69, 9.17) is 11.6 Å². The first kappa shape index (κ1) is 13.2. The fourth-order valence-corrected chi connectivity index (χ4v) is 0.883. The maximum absolute atomic E-state index is 11.1. The van der Waals surface area contributed by atoms with Crippen molar-refractivity contribution >= 4 is 23.4 Å². The fourth-order valence-electron chi connectivity index (χ4n) is 0.789. The molecule has 82 valence electrons. The zero-order valence-electron chi connectivity index (χ0n) is 8.60. The Labute approximate surface area is 89.4 Å². The summed E-state index contributed by atoms with van der Waals surface area (Å²) < 4.78 is 0. The van der Waals surface area contributed by atoms with E-state index in [1.807, 2.05) is 0 Å². The van der Waals surface area contributed by atoms with Crippen LogP contribution in [0.1, 0.15) is 20.3 Å². The maximum atomic E-state index is 11.1. The van der Waals surface area contributed by atoms with Crippen molar-refractivity contribution < 1.29 is 9.59 Å². The number of rotatable bonds is 6. The van der Waals surface area contributed by atoms with Gasteiger partial charge in [-0.1, -0.05) is 13.8 Å². The average molecular weight is 221 g/mol. The Kier molecular flexibility index (Phi) is 7.20. The van der Waals surface area contributed by atoms with Gasteiger partial charge < -0.3 is 10.6 Å². The third-order valence-corrected chi connectivity index (χ3v) is 1.85. The van der Waals surface area contributed by atoms with Crippen LogP contribution in [0.5, 0.6) is 0 Å². The van der Waals surface area contributed by atoms with E-state index in [-0.39, 0.29) is 24.2 Å². The van der Waals surface area contributed by atoms with Gasteiger partial charge in [-0.15, -0.1) is 11.6 Å². The fraction of sp³-hybridized carbons (Fsp3) is 0.778. The largest absolute Gasteiger partial charge is 0.355 e. The monoisotopic (exact) mass is 220 g/mol. The van der Waals surface area contributed by atoms with Gasteiger partial charge in [0.05, 0.1) is 6.54 Å². The van der Waals surface area contributed by atoms with Gasteiger partial charge in [-0.05, 0) is 12.3 Å². The molecular weight excluding hydrogens is 204 g/mol. The Morgan fingerprint density at radius 1 is 1.21 bits per heavy atom. The summed E-state index contributed by atoms with van der Waals surface area (Å²) in [6.07, 6.45) is 0.940. The van der Waals surface area contributed by atoms with Crippen molar-refractivity contribution in [1.82, 2.24) is 10.6 Å². The molecule has 14 heavy (non-hydrogen) atoms. The predicted molar refractivity (Wildman–Crippen MR) is 56.2 cm³/mol. The third-order valence-electron chi connectivity index (χ3n) is 1.61. The second kappa shape index (κ2) is 7.62. The number of alkyl halides is 1. The molecule has 0 atom stereocenters. The molecule has 2 amide bonds. The quantitative estimate of drug-likeness (QED) is 0.641. The summed E-state index contributed by atoms with van der Waals surface area (Å²) in [6.45, 7) is 4.82. The first-order valence-electron chi connectivity index (χ1n) is 4.65. The van der Waals surface area contributed by atoms with E-state index in [0.29, 0.717) is 12.5 Å². The van der Waals surface area contributed by atoms with E-state index in [9.17, 15) is 9.59 Å². The molecule has 0 saturated carbocycles. The van der Waals surface area contributed by atoms with Crippen molar-refractivity contribution in [3.8, 4) is 0 Å². The molecule has 0 saturated heterocycles. The van der Waals surface area contributed by atoms with Crippen LogP contribution in [0, 0.1) is 5.92 Å². The number of nitrogens with one attached hydrogen (secondary N) is 2. The second-order valence-electron chi connectivity index (χ2n) is 3.44. The van der Waals surface area contributed by atoms with Gasteiger partial charge in [0.1, 0.15) is 5.88 Å². The van der Waals surface area contributed by atoms with Gasteiger partial charge >= 0.3 is 0 Å². The molecule has 2 N–H and O–H groups in total. The lowest BCUT2D eigenvalue weighted by Gasteiger charge is -2.07. The Morgan fingerprint density at radius 3 is 2.36 bits per heavy atom. The van der Waals surface area contributed by atoms with Gasteiger partial charge in [0.2, 0.25) is 11.8 Å². The first-order chi connectivity index (χ1) is 6.56. The molecule has 0 aliphatic heterocycles.